The molecule has 0 saturated heterocycles. The van der Waals surface area contributed by atoms with Gasteiger partial charge in [0.1, 0.15) is 11.2 Å². The second kappa shape index (κ2) is 4.43. The van der Waals surface area contributed by atoms with Gasteiger partial charge in [0, 0.05) is 10.8 Å². The Hall–Kier alpha value is -2.29. The van der Waals surface area contributed by atoms with Crippen molar-refractivity contribution in [2.75, 3.05) is 7.11 Å². The lowest BCUT2D eigenvalue weighted by molar-refractivity contribution is -0.141. The highest BCUT2D eigenvalue weighted by atomic mass is 16.5. The fraction of sp³-hybridized carbons (Fsp3) is 0.188. The predicted octanol–water partition coefficient (Wildman–Crippen LogP) is 3.86. The van der Waals surface area contributed by atoms with Crippen LogP contribution in [0.3, 0.4) is 0 Å². The number of ether oxygens (including phenoxy) is 1. The van der Waals surface area contributed by atoms with Crippen molar-refractivity contribution in [1.29, 1.82) is 0 Å². The molecule has 0 N–H and O–H groups in total. The molecule has 96 valence electrons. The molecule has 0 aliphatic rings. The number of carbonyl (C=O) groups excluding carboxylic acids is 1. The number of rotatable bonds is 2. The number of benzene rings is 2. The summed E-state index contributed by atoms with van der Waals surface area (Å²) in [6.07, 6.45) is 0. The number of furan rings is 1. The zero-order chi connectivity index (χ0) is 13.4. The standard InChI is InChI=1S/C16H14O3/c1-10(16(17)18-2)11-7-8-15-13(9-11)12-5-3-4-6-14(12)19-15/h3-10H,1-2H3. The highest BCUT2D eigenvalue weighted by molar-refractivity contribution is 6.05. The Balaban J connectivity index is 2.19. The van der Waals surface area contributed by atoms with E-state index in [0.717, 1.165) is 27.5 Å². The molecule has 0 amide bonds. The molecule has 0 fully saturated rings. The number of hydrogen-bond donors (Lipinski definition) is 0. The first-order valence-electron chi connectivity index (χ1n) is 6.19. The van der Waals surface area contributed by atoms with Gasteiger partial charge in [-0.3, -0.25) is 4.79 Å². The van der Waals surface area contributed by atoms with Gasteiger partial charge in [-0.05, 0) is 30.7 Å². The smallest absolute Gasteiger partial charge is 0.312 e. The number of esters is 1. The van der Waals surface area contributed by atoms with Crippen molar-refractivity contribution in [3.8, 4) is 0 Å². The van der Waals surface area contributed by atoms with Crippen LogP contribution in [-0.4, -0.2) is 13.1 Å². The zero-order valence-corrected chi connectivity index (χ0v) is 10.8. The third kappa shape index (κ3) is 1.87. The van der Waals surface area contributed by atoms with E-state index in [-0.39, 0.29) is 11.9 Å². The number of hydrogen-bond acceptors (Lipinski definition) is 3. The van der Waals surface area contributed by atoms with E-state index in [4.69, 9.17) is 9.15 Å². The Morgan fingerprint density at radius 3 is 2.63 bits per heavy atom. The normalized spacial score (nSPS) is 12.7. The molecule has 0 aliphatic heterocycles. The van der Waals surface area contributed by atoms with Gasteiger partial charge < -0.3 is 9.15 Å². The van der Waals surface area contributed by atoms with Crippen molar-refractivity contribution >= 4 is 27.9 Å². The van der Waals surface area contributed by atoms with Gasteiger partial charge in [-0.25, -0.2) is 0 Å². The molecule has 2 aromatic carbocycles. The second-order valence-corrected chi connectivity index (χ2v) is 4.60. The predicted molar refractivity (Wildman–Crippen MR) is 74.2 cm³/mol. The first-order chi connectivity index (χ1) is 9.20. The third-order valence-electron chi connectivity index (χ3n) is 3.46. The highest BCUT2D eigenvalue weighted by Crippen LogP contribution is 2.31. The van der Waals surface area contributed by atoms with Crippen molar-refractivity contribution in [1.82, 2.24) is 0 Å². The first-order valence-corrected chi connectivity index (χ1v) is 6.19. The molecular weight excluding hydrogens is 240 g/mol. The van der Waals surface area contributed by atoms with E-state index >= 15 is 0 Å². The molecule has 0 radical (unpaired) electrons. The van der Waals surface area contributed by atoms with Crippen molar-refractivity contribution < 1.29 is 13.9 Å². The van der Waals surface area contributed by atoms with Crippen molar-refractivity contribution in [2.45, 2.75) is 12.8 Å². The number of fused-ring (bicyclic) bond motifs is 3. The highest BCUT2D eigenvalue weighted by Gasteiger charge is 2.17. The van der Waals surface area contributed by atoms with Crippen LogP contribution in [0.2, 0.25) is 0 Å². The van der Waals surface area contributed by atoms with Gasteiger partial charge in [0.05, 0.1) is 13.0 Å². The van der Waals surface area contributed by atoms with Gasteiger partial charge in [-0.1, -0.05) is 24.3 Å². The van der Waals surface area contributed by atoms with Gasteiger partial charge >= 0.3 is 5.97 Å². The van der Waals surface area contributed by atoms with Crippen LogP contribution in [0.25, 0.3) is 21.9 Å². The fourth-order valence-electron chi connectivity index (χ4n) is 2.33. The quantitative estimate of drug-likeness (QED) is 0.652. The lowest BCUT2D eigenvalue weighted by Crippen LogP contribution is -2.10. The Labute approximate surface area is 110 Å². The van der Waals surface area contributed by atoms with E-state index < -0.39 is 0 Å². The molecule has 0 aliphatic carbocycles. The van der Waals surface area contributed by atoms with Gasteiger partial charge in [0.15, 0.2) is 0 Å². The van der Waals surface area contributed by atoms with Crippen molar-refractivity contribution in [3.05, 3.63) is 48.0 Å². The van der Waals surface area contributed by atoms with E-state index in [0.29, 0.717) is 0 Å². The Morgan fingerprint density at radius 1 is 1.11 bits per heavy atom. The van der Waals surface area contributed by atoms with Crippen LogP contribution < -0.4 is 0 Å². The van der Waals surface area contributed by atoms with Crippen LogP contribution >= 0.6 is 0 Å². The first kappa shape index (κ1) is 11.8. The van der Waals surface area contributed by atoms with E-state index in [9.17, 15) is 4.79 Å². The fourth-order valence-corrected chi connectivity index (χ4v) is 2.33. The minimum Gasteiger partial charge on any atom is -0.469 e. The molecule has 1 unspecified atom stereocenters. The van der Waals surface area contributed by atoms with E-state index in [2.05, 4.69) is 0 Å². The van der Waals surface area contributed by atoms with Gasteiger partial charge in [-0.2, -0.15) is 0 Å². The van der Waals surface area contributed by atoms with Gasteiger partial charge in [0.25, 0.3) is 0 Å². The Bertz CT molecular complexity index is 755. The maximum atomic E-state index is 11.6. The number of methoxy groups -OCH3 is 1. The monoisotopic (exact) mass is 254 g/mol. The van der Waals surface area contributed by atoms with Crippen molar-refractivity contribution in [3.63, 3.8) is 0 Å². The van der Waals surface area contributed by atoms with Crippen LogP contribution in [0, 0.1) is 0 Å². The van der Waals surface area contributed by atoms with E-state index in [1.165, 1.54) is 7.11 Å². The molecule has 3 heteroatoms. The molecular formula is C16H14O3. The molecule has 0 saturated carbocycles. The summed E-state index contributed by atoms with van der Waals surface area (Å²) in [6, 6.07) is 13.7. The summed E-state index contributed by atoms with van der Waals surface area (Å²) in [5.74, 6) is -0.504. The lowest BCUT2D eigenvalue weighted by atomic mass is 9.99. The summed E-state index contributed by atoms with van der Waals surface area (Å²) in [7, 11) is 1.41. The molecule has 0 spiro atoms. The average Bonchev–Trinajstić information content (AvgIpc) is 2.83. The SMILES string of the molecule is COC(=O)C(C)c1ccc2oc3ccccc3c2c1. The van der Waals surface area contributed by atoms with Crippen LogP contribution in [-0.2, 0) is 9.53 Å². The molecule has 19 heavy (non-hydrogen) atoms. The summed E-state index contributed by atoms with van der Waals surface area (Å²) in [5.41, 5.74) is 2.63. The number of para-hydroxylation sites is 1. The summed E-state index contributed by atoms with van der Waals surface area (Å²) >= 11 is 0. The molecule has 1 atom stereocenters. The molecule has 0 bridgehead atoms. The summed E-state index contributed by atoms with van der Waals surface area (Å²) in [4.78, 5) is 11.6. The zero-order valence-electron chi connectivity index (χ0n) is 10.8. The molecule has 3 aromatic rings. The summed E-state index contributed by atoms with van der Waals surface area (Å²) < 4.78 is 10.5. The lowest BCUT2D eigenvalue weighted by Gasteiger charge is -2.09. The average molecular weight is 254 g/mol. The van der Waals surface area contributed by atoms with Crippen LogP contribution in [0.1, 0.15) is 18.4 Å². The Kier molecular flexibility index (Phi) is 2.75. The van der Waals surface area contributed by atoms with E-state index in [1.54, 1.807) is 0 Å². The largest absolute Gasteiger partial charge is 0.469 e. The van der Waals surface area contributed by atoms with Crippen LogP contribution in [0.5, 0.6) is 0 Å². The maximum absolute atomic E-state index is 11.6. The van der Waals surface area contributed by atoms with Crippen molar-refractivity contribution in [2.24, 2.45) is 0 Å². The van der Waals surface area contributed by atoms with Crippen LogP contribution in [0.15, 0.2) is 46.9 Å². The molecule has 3 rings (SSSR count). The Morgan fingerprint density at radius 2 is 1.84 bits per heavy atom. The van der Waals surface area contributed by atoms with Gasteiger partial charge in [-0.15, -0.1) is 0 Å². The minimum atomic E-state index is -0.275. The third-order valence-corrected chi connectivity index (χ3v) is 3.46. The molecule has 1 heterocycles. The summed E-state index contributed by atoms with van der Waals surface area (Å²) in [6.45, 7) is 1.84. The van der Waals surface area contributed by atoms with Gasteiger partial charge in [0.2, 0.25) is 0 Å². The topological polar surface area (TPSA) is 39.4 Å². The minimum absolute atomic E-state index is 0.229. The summed E-state index contributed by atoms with van der Waals surface area (Å²) in [5, 5.41) is 2.10. The molecule has 3 nitrogen and oxygen atoms in total. The second-order valence-electron chi connectivity index (χ2n) is 4.60. The van der Waals surface area contributed by atoms with Crippen LogP contribution in [0.4, 0.5) is 0 Å². The molecule has 1 aromatic heterocycles. The maximum Gasteiger partial charge on any atom is 0.312 e. The van der Waals surface area contributed by atoms with E-state index in [1.807, 2.05) is 49.4 Å². The number of carbonyl (C=O) groups is 1.